The highest BCUT2D eigenvalue weighted by Gasteiger charge is 2.47. The van der Waals surface area contributed by atoms with Gasteiger partial charge in [-0.3, -0.25) is 0 Å². The molecule has 1 aliphatic heterocycles. The van der Waals surface area contributed by atoms with Crippen molar-refractivity contribution in [2.24, 2.45) is 0 Å². The highest BCUT2D eigenvalue weighted by molar-refractivity contribution is 7.99. The lowest BCUT2D eigenvalue weighted by Crippen LogP contribution is -2.39. The summed E-state index contributed by atoms with van der Waals surface area (Å²) >= 11 is 1.62. The smallest absolute Gasteiger partial charge is 0.343 e. The fourth-order valence-electron chi connectivity index (χ4n) is 1.77. The van der Waals surface area contributed by atoms with Crippen LogP contribution in [0.4, 0.5) is 0 Å². The Morgan fingerprint density at radius 3 is 2.80 bits per heavy atom. The van der Waals surface area contributed by atoms with Crippen LogP contribution in [0.25, 0.3) is 0 Å². The van der Waals surface area contributed by atoms with E-state index in [1.165, 1.54) is 7.11 Å². The highest BCUT2D eigenvalue weighted by atomic mass is 32.2. The first-order chi connectivity index (χ1) is 7.24. The molecule has 0 amide bonds. The van der Waals surface area contributed by atoms with Crippen LogP contribution in [0.15, 0.2) is 29.2 Å². The quantitative estimate of drug-likeness (QED) is 0.718. The number of hydrogen-bond acceptors (Lipinski definition) is 4. The third-order valence-corrected chi connectivity index (χ3v) is 3.83. The number of fused-ring (bicyclic) bond motifs is 1. The molecule has 1 unspecified atom stereocenters. The molecule has 80 valence electrons. The molecule has 0 saturated heterocycles. The van der Waals surface area contributed by atoms with Gasteiger partial charge in [0.1, 0.15) is 0 Å². The summed E-state index contributed by atoms with van der Waals surface area (Å²) in [5, 5.41) is 0. The average Bonchev–Trinajstić information content (AvgIpc) is 2.68. The minimum absolute atomic E-state index is 0.331. The molecule has 1 atom stereocenters. The van der Waals surface area contributed by atoms with E-state index in [1.807, 2.05) is 24.3 Å². The van der Waals surface area contributed by atoms with Crippen LogP contribution in [0.1, 0.15) is 5.56 Å². The molecule has 0 N–H and O–H groups in total. The zero-order valence-electron chi connectivity index (χ0n) is 8.65. The molecule has 0 aromatic heterocycles. The number of ether oxygens (including phenoxy) is 2. The van der Waals surface area contributed by atoms with Gasteiger partial charge in [0.05, 0.1) is 7.11 Å². The monoisotopic (exact) mass is 224 g/mol. The molecule has 0 radical (unpaired) electrons. The van der Waals surface area contributed by atoms with E-state index in [0.717, 1.165) is 10.5 Å². The molecule has 3 nitrogen and oxygen atoms in total. The van der Waals surface area contributed by atoms with E-state index in [2.05, 4.69) is 0 Å². The molecule has 0 aliphatic carbocycles. The number of benzene rings is 1. The first kappa shape index (κ1) is 10.5. The number of rotatable bonds is 2. The molecule has 4 heteroatoms. The lowest BCUT2D eigenvalue weighted by Gasteiger charge is -2.24. The lowest BCUT2D eigenvalue weighted by molar-refractivity contribution is -0.164. The molecule has 1 aromatic carbocycles. The number of thioether (sulfide) groups is 1. The van der Waals surface area contributed by atoms with Crippen molar-refractivity contribution in [3.63, 3.8) is 0 Å². The van der Waals surface area contributed by atoms with Gasteiger partial charge in [0.25, 0.3) is 0 Å². The van der Waals surface area contributed by atoms with Crippen molar-refractivity contribution in [3.8, 4) is 0 Å². The molecule has 0 bridgehead atoms. The van der Waals surface area contributed by atoms with E-state index in [4.69, 9.17) is 9.47 Å². The van der Waals surface area contributed by atoms with Crippen molar-refractivity contribution in [1.82, 2.24) is 0 Å². The second-order valence-electron chi connectivity index (χ2n) is 3.31. The number of methoxy groups -OCH3 is 2. The Morgan fingerprint density at radius 2 is 2.13 bits per heavy atom. The van der Waals surface area contributed by atoms with Gasteiger partial charge in [-0.1, -0.05) is 18.2 Å². The number of carbonyl (C=O) groups is 1. The average molecular weight is 224 g/mol. The van der Waals surface area contributed by atoms with Crippen LogP contribution in [-0.4, -0.2) is 25.9 Å². The van der Waals surface area contributed by atoms with Gasteiger partial charge >= 0.3 is 5.97 Å². The Hall–Kier alpha value is -1.00. The van der Waals surface area contributed by atoms with Crippen LogP contribution in [0, 0.1) is 0 Å². The predicted molar refractivity (Wildman–Crippen MR) is 57.9 cm³/mol. The normalized spacial score (nSPS) is 23.6. The van der Waals surface area contributed by atoms with Crippen molar-refractivity contribution in [2.75, 3.05) is 20.0 Å². The van der Waals surface area contributed by atoms with E-state index in [1.54, 1.807) is 18.9 Å². The second kappa shape index (κ2) is 3.87. The van der Waals surface area contributed by atoms with Gasteiger partial charge in [0.15, 0.2) is 5.60 Å². The summed E-state index contributed by atoms with van der Waals surface area (Å²) in [7, 11) is 2.92. The van der Waals surface area contributed by atoms with E-state index in [0.29, 0.717) is 5.75 Å². The molecule has 0 fully saturated rings. The Bertz CT molecular complexity index is 391. The summed E-state index contributed by atoms with van der Waals surface area (Å²) in [4.78, 5) is 12.9. The van der Waals surface area contributed by atoms with Gasteiger partial charge in [0.2, 0.25) is 0 Å². The maximum Gasteiger partial charge on any atom is 0.343 e. The largest absolute Gasteiger partial charge is 0.467 e. The molecule has 1 aromatic rings. The Morgan fingerprint density at radius 1 is 1.40 bits per heavy atom. The van der Waals surface area contributed by atoms with Gasteiger partial charge in [-0.05, 0) is 6.07 Å². The topological polar surface area (TPSA) is 35.5 Å². The first-order valence-electron chi connectivity index (χ1n) is 4.60. The zero-order valence-corrected chi connectivity index (χ0v) is 9.47. The molecule has 0 spiro atoms. The van der Waals surface area contributed by atoms with Crippen LogP contribution in [0.5, 0.6) is 0 Å². The summed E-state index contributed by atoms with van der Waals surface area (Å²) < 4.78 is 10.2. The standard InChI is InChI=1S/C11H12O3S/c1-13-10(12)11(14-2)7-15-9-6-4-3-5-8(9)11/h3-6H,7H2,1-2H3. The van der Waals surface area contributed by atoms with Crippen LogP contribution in [0.3, 0.4) is 0 Å². The summed E-state index contributed by atoms with van der Waals surface area (Å²) in [6.45, 7) is 0. The third kappa shape index (κ3) is 1.44. The fourth-order valence-corrected chi connectivity index (χ4v) is 3.08. The summed E-state index contributed by atoms with van der Waals surface area (Å²) in [5.41, 5.74) is -0.0138. The fraction of sp³-hybridized carbons (Fsp3) is 0.364. The number of esters is 1. The van der Waals surface area contributed by atoms with Crippen LogP contribution in [0.2, 0.25) is 0 Å². The van der Waals surface area contributed by atoms with Gasteiger partial charge in [-0.25, -0.2) is 4.79 Å². The minimum Gasteiger partial charge on any atom is -0.467 e. The molecule has 1 heterocycles. The Labute approximate surface area is 92.8 Å². The number of carbonyl (C=O) groups excluding carboxylic acids is 1. The van der Waals surface area contributed by atoms with Gasteiger partial charge in [-0.15, -0.1) is 11.8 Å². The lowest BCUT2D eigenvalue weighted by atomic mass is 9.96. The minimum atomic E-state index is -0.921. The first-order valence-corrected chi connectivity index (χ1v) is 5.59. The van der Waals surface area contributed by atoms with Crippen molar-refractivity contribution < 1.29 is 14.3 Å². The van der Waals surface area contributed by atoms with Gasteiger partial charge in [0, 0.05) is 23.3 Å². The Kier molecular flexibility index (Phi) is 2.71. The van der Waals surface area contributed by atoms with Crippen molar-refractivity contribution in [3.05, 3.63) is 29.8 Å². The van der Waals surface area contributed by atoms with Crippen LogP contribution in [-0.2, 0) is 19.9 Å². The van der Waals surface area contributed by atoms with Crippen molar-refractivity contribution in [2.45, 2.75) is 10.5 Å². The van der Waals surface area contributed by atoms with E-state index >= 15 is 0 Å². The highest BCUT2D eigenvalue weighted by Crippen LogP contribution is 2.44. The molecular weight excluding hydrogens is 212 g/mol. The Balaban J connectivity index is 2.50. The van der Waals surface area contributed by atoms with Gasteiger partial charge in [-0.2, -0.15) is 0 Å². The molecule has 1 aliphatic rings. The maximum absolute atomic E-state index is 11.8. The predicted octanol–water partition coefficient (Wildman–Crippen LogP) is 1.81. The zero-order chi connectivity index (χ0) is 10.9. The van der Waals surface area contributed by atoms with Crippen molar-refractivity contribution >= 4 is 17.7 Å². The van der Waals surface area contributed by atoms with E-state index in [-0.39, 0.29) is 5.97 Å². The van der Waals surface area contributed by atoms with E-state index in [9.17, 15) is 4.79 Å². The third-order valence-electron chi connectivity index (χ3n) is 2.62. The van der Waals surface area contributed by atoms with Crippen LogP contribution >= 0.6 is 11.8 Å². The summed E-state index contributed by atoms with van der Waals surface area (Å²) in [6.07, 6.45) is 0. The summed E-state index contributed by atoms with van der Waals surface area (Å²) in [5.74, 6) is 0.248. The van der Waals surface area contributed by atoms with Crippen LogP contribution < -0.4 is 0 Å². The molecule has 2 rings (SSSR count). The SMILES string of the molecule is COC(=O)C1(OC)CSc2ccccc21. The molecule has 0 saturated carbocycles. The summed E-state index contributed by atoms with van der Waals surface area (Å²) in [6, 6.07) is 7.76. The van der Waals surface area contributed by atoms with Crippen molar-refractivity contribution in [1.29, 1.82) is 0 Å². The number of hydrogen-bond donors (Lipinski definition) is 0. The second-order valence-corrected chi connectivity index (χ2v) is 4.32. The van der Waals surface area contributed by atoms with Gasteiger partial charge < -0.3 is 9.47 Å². The van der Waals surface area contributed by atoms with E-state index < -0.39 is 5.60 Å². The molecule has 15 heavy (non-hydrogen) atoms. The maximum atomic E-state index is 11.8. The molecular formula is C11H12O3S.